The predicted octanol–water partition coefficient (Wildman–Crippen LogP) is 2.06. The highest BCUT2D eigenvalue weighted by Gasteiger charge is 2.32. The molecule has 1 aromatic heterocycles. The number of likely N-dealkylation sites (N-methyl/N-ethyl adjacent to an activating group) is 1. The van der Waals surface area contributed by atoms with Crippen molar-refractivity contribution in [2.45, 2.75) is 26.7 Å². The first-order valence-electron chi connectivity index (χ1n) is 6.29. The van der Waals surface area contributed by atoms with E-state index in [0.29, 0.717) is 13.0 Å². The number of carboxylic acids is 1. The lowest BCUT2D eigenvalue weighted by Gasteiger charge is -2.29. The maximum Gasteiger partial charge on any atom is 0.310 e. The number of aliphatic carboxylic acids is 1. The Morgan fingerprint density at radius 1 is 1.44 bits per heavy atom. The van der Waals surface area contributed by atoms with Crippen molar-refractivity contribution in [3.8, 4) is 0 Å². The second-order valence-corrected chi connectivity index (χ2v) is 5.06. The molecule has 0 bridgehead atoms. The first kappa shape index (κ1) is 14.6. The van der Waals surface area contributed by atoms with E-state index < -0.39 is 11.4 Å². The van der Waals surface area contributed by atoms with Crippen molar-refractivity contribution in [3.63, 3.8) is 0 Å². The molecule has 0 amide bonds. The minimum Gasteiger partial charge on any atom is -0.481 e. The standard InChI is InChI=1S/C14H22N2O2/c1-4-14(2,13(17)18)11-16(3)10-7-12-5-8-15-9-6-12/h5-6,8-9H,4,7,10-11H2,1-3H3,(H,17,18). The SMILES string of the molecule is CCC(C)(CN(C)CCc1ccncc1)C(=O)O. The Morgan fingerprint density at radius 2 is 2.06 bits per heavy atom. The lowest BCUT2D eigenvalue weighted by Crippen LogP contribution is -2.39. The van der Waals surface area contributed by atoms with Crippen molar-refractivity contribution in [2.75, 3.05) is 20.1 Å². The molecule has 1 aromatic rings. The Morgan fingerprint density at radius 3 is 2.56 bits per heavy atom. The highest BCUT2D eigenvalue weighted by Crippen LogP contribution is 2.22. The van der Waals surface area contributed by atoms with Crippen molar-refractivity contribution < 1.29 is 9.90 Å². The fourth-order valence-electron chi connectivity index (χ4n) is 1.87. The summed E-state index contributed by atoms with van der Waals surface area (Å²) in [4.78, 5) is 17.3. The molecule has 0 aliphatic rings. The van der Waals surface area contributed by atoms with Gasteiger partial charge in [0.1, 0.15) is 0 Å². The molecule has 4 nitrogen and oxygen atoms in total. The van der Waals surface area contributed by atoms with Crippen LogP contribution in [0.15, 0.2) is 24.5 Å². The molecular weight excluding hydrogens is 228 g/mol. The summed E-state index contributed by atoms with van der Waals surface area (Å²) in [5.41, 5.74) is 0.567. The molecule has 0 aliphatic carbocycles. The largest absolute Gasteiger partial charge is 0.481 e. The van der Waals surface area contributed by atoms with Crippen molar-refractivity contribution >= 4 is 5.97 Å². The second kappa shape index (κ2) is 6.50. The lowest BCUT2D eigenvalue weighted by molar-refractivity contribution is -0.149. The van der Waals surface area contributed by atoms with Gasteiger partial charge in [-0.1, -0.05) is 6.92 Å². The van der Waals surface area contributed by atoms with E-state index in [1.165, 1.54) is 5.56 Å². The van der Waals surface area contributed by atoms with Crippen LogP contribution in [0.5, 0.6) is 0 Å². The predicted molar refractivity (Wildman–Crippen MR) is 71.5 cm³/mol. The van der Waals surface area contributed by atoms with Gasteiger partial charge in [-0.05, 0) is 44.5 Å². The van der Waals surface area contributed by atoms with E-state index >= 15 is 0 Å². The number of rotatable bonds is 7. The van der Waals surface area contributed by atoms with Crippen molar-refractivity contribution in [2.24, 2.45) is 5.41 Å². The fraction of sp³-hybridized carbons (Fsp3) is 0.571. The summed E-state index contributed by atoms with van der Waals surface area (Å²) in [5.74, 6) is -0.722. The highest BCUT2D eigenvalue weighted by molar-refractivity contribution is 5.74. The molecule has 1 atom stereocenters. The molecule has 1 heterocycles. The smallest absolute Gasteiger partial charge is 0.310 e. The molecule has 100 valence electrons. The molecule has 0 aliphatic heterocycles. The summed E-state index contributed by atoms with van der Waals surface area (Å²) in [7, 11) is 1.97. The normalized spacial score (nSPS) is 14.4. The minimum atomic E-state index is -0.722. The van der Waals surface area contributed by atoms with Crippen molar-refractivity contribution in [1.82, 2.24) is 9.88 Å². The van der Waals surface area contributed by atoms with Gasteiger partial charge in [0.25, 0.3) is 0 Å². The Balaban J connectivity index is 2.47. The van der Waals surface area contributed by atoms with Crippen LogP contribution < -0.4 is 0 Å². The molecule has 1 unspecified atom stereocenters. The average molecular weight is 250 g/mol. The van der Waals surface area contributed by atoms with E-state index in [4.69, 9.17) is 0 Å². The molecule has 0 spiro atoms. The van der Waals surface area contributed by atoms with Gasteiger partial charge in [0.2, 0.25) is 0 Å². The number of pyridine rings is 1. The molecule has 0 aromatic carbocycles. The molecule has 0 fully saturated rings. The van der Waals surface area contributed by atoms with E-state index in [-0.39, 0.29) is 0 Å². The van der Waals surface area contributed by atoms with Crippen LogP contribution in [0.2, 0.25) is 0 Å². The van der Waals surface area contributed by atoms with E-state index in [1.54, 1.807) is 19.3 Å². The van der Waals surface area contributed by atoms with E-state index in [2.05, 4.69) is 9.88 Å². The molecule has 0 saturated heterocycles. The molecule has 4 heteroatoms. The van der Waals surface area contributed by atoms with Gasteiger partial charge in [0.15, 0.2) is 0 Å². The molecule has 1 N–H and O–H groups in total. The monoisotopic (exact) mass is 250 g/mol. The van der Waals surface area contributed by atoms with Crippen LogP contribution in [0, 0.1) is 5.41 Å². The summed E-state index contributed by atoms with van der Waals surface area (Å²) in [6.07, 6.45) is 5.12. The lowest BCUT2D eigenvalue weighted by atomic mass is 9.87. The van der Waals surface area contributed by atoms with Gasteiger partial charge in [0.05, 0.1) is 5.41 Å². The van der Waals surface area contributed by atoms with Crippen LogP contribution in [0.4, 0.5) is 0 Å². The topological polar surface area (TPSA) is 53.4 Å². The summed E-state index contributed by atoms with van der Waals surface area (Å²) < 4.78 is 0. The van der Waals surface area contributed by atoms with Gasteiger partial charge in [-0.3, -0.25) is 9.78 Å². The zero-order valence-corrected chi connectivity index (χ0v) is 11.4. The molecule has 0 radical (unpaired) electrons. The Kier molecular flexibility index (Phi) is 5.28. The zero-order valence-electron chi connectivity index (χ0n) is 11.4. The number of hydrogen-bond acceptors (Lipinski definition) is 3. The van der Waals surface area contributed by atoms with E-state index in [0.717, 1.165) is 13.0 Å². The van der Waals surface area contributed by atoms with Gasteiger partial charge >= 0.3 is 5.97 Å². The van der Waals surface area contributed by atoms with Crippen LogP contribution in [0.3, 0.4) is 0 Å². The quantitative estimate of drug-likeness (QED) is 0.804. The Labute approximate surface area is 109 Å². The van der Waals surface area contributed by atoms with Crippen LogP contribution in [0.25, 0.3) is 0 Å². The van der Waals surface area contributed by atoms with Crippen LogP contribution in [-0.4, -0.2) is 41.1 Å². The first-order chi connectivity index (χ1) is 8.48. The van der Waals surface area contributed by atoms with Gasteiger partial charge in [0, 0.05) is 25.5 Å². The Hall–Kier alpha value is -1.42. The minimum absolute atomic E-state index is 0.573. The first-order valence-corrected chi connectivity index (χ1v) is 6.29. The fourth-order valence-corrected chi connectivity index (χ4v) is 1.87. The van der Waals surface area contributed by atoms with E-state index in [9.17, 15) is 9.90 Å². The number of hydrogen-bond donors (Lipinski definition) is 1. The Bertz CT molecular complexity index is 381. The second-order valence-electron chi connectivity index (χ2n) is 5.06. The third-order valence-corrected chi connectivity index (χ3v) is 3.45. The van der Waals surface area contributed by atoms with Gasteiger partial charge in [-0.25, -0.2) is 0 Å². The van der Waals surface area contributed by atoms with Crippen LogP contribution in [0.1, 0.15) is 25.8 Å². The van der Waals surface area contributed by atoms with Gasteiger partial charge < -0.3 is 10.0 Å². The summed E-state index contributed by atoms with van der Waals surface area (Å²) in [6.45, 7) is 5.15. The molecular formula is C14H22N2O2. The molecule has 1 rings (SSSR count). The number of carbonyl (C=O) groups is 1. The highest BCUT2D eigenvalue weighted by atomic mass is 16.4. The van der Waals surface area contributed by atoms with Crippen LogP contribution >= 0.6 is 0 Å². The van der Waals surface area contributed by atoms with Gasteiger partial charge in [-0.2, -0.15) is 0 Å². The van der Waals surface area contributed by atoms with Crippen molar-refractivity contribution in [1.29, 1.82) is 0 Å². The number of carboxylic acid groups (broad SMARTS) is 1. The van der Waals surface area contributed by atoms with E-state index in [1.807, 2.05) is 26.1 Å². The summed E-state index contributed by atoms with van der Waals surface area (Å²) in [5, 5.41) is 9.23. The maximum absolute atomic E-state index is 11.2. The number of nitrogens with zero attached hydrogens (tertiary/aromatic N) is 2. The summed E-state index contributed by atoms with van der Waals surface area (Å²) >= 11 is 0. The average Bonchev–Trinajstić information content (AvgIpc) is 2.37. The molecule has 18 heavy (non-hydrogen) atoms. The van der Waals surface area contributed by atoms with Gasteiger partial charge in [-0.15, -0.1) is 0 Å². The van der Waals surface area contributed by atoms with Crippen LogP contribution in [-0.2, 0) is 11.2 Å². The zero-order chi connectivity index (χ0) is 13.6. The third-order valence-electron chi connectivity index (χ3n) is 3.45. The third kappa shape index (κ3) is 4.11. The van der Waals surface area contributed by atoms with Crippen molar-refractivity contribution in [3.05, 3.63) is 30.1 Å². The number of aromatic nitrogens is 1. The summed E-state index contributed by atoms with van der Waals surface area (Å²) in [6, 6.07) is 3.98. The maximum atomic E-state index is 11.2. The molecule has 0 saturated carbocycles.